The van der Waals surface area contributed by atoms with Gasteiger partial charge in [-0.3, -0.25) is 14.7 Å². The molecule has 6 nitrogen and oxygen atoms in total. The first-order valence-electron chi connectivity index (χ1n) is 11.6. The van der Waals surface area contributed by atoms with Gasteiger partial charge in [0.1, 0.15) is 18.1 Å². The minimum absolute atomic E-state index is 0.0300. The average Bonchev–Trinajstić information content (AvgIpc) is 2.89. The number of benzene rings is 2. The van der Waals surface area contributed by atoms with Crippen LogP contribution in [-0.4, -0.2) is 49.1 Å². The van der Waals surface area contributed by atoms with Crippen LogP contribution in [0.3, 0.4) is 0 Å². The zero-order valence-corrected chi connectivity index (χ0v) is 20.1. The molecule has 34 heavy (non-hydrogen) atoms. The zero-order chi connectivity index (χ0) is 23.8. The summed E-state index contributed by atoms with van der Waals surface area (Å²) in [6, 6.07) is 20.7. The molecular formula is C27H30ClN3O3. The number of rotatable bonds is 9. The minimum atomic E-state index is -0.328. The molecule has 7 heteroatoms. The summed E-state index contributed by atoms with van der Waals surface area (Å²) in [7, 11) is 1.64. The lowest BCUT2D eigenvalue weighted by Crippen LogP contribution is -2.43. The van der Waals surface area contributed by atoms with Crippen molar-refractivity contribution >= 4 is 17.5 Å². The van der Waals surface area contributed by atoms with Crippen molar-refractivity contribution in [2.75, 3.05) is 33.4 Å². The Bertz CT molecular complexity index is 1070. The Morgan fingerprint density at radius 1 is 1.12 bits per heavy atom. The number of hydrogen-bond acceptors (Lipinski definition) is 5. The van der Waals surface area contributed by atoms with Gasteiger partial charge in [-0.2, -0.15) is 0 Å². The van der Waals surface area contributed by atoms with Crippen LogP contribution in [0.4, 0.5) is 0 Å². The molecule has 2 heterocycles. The molecule has 1 aromatic heterocycles. The number of nitrogens with one attached hydrogen (secondary N) is 1. The lowest BCUT2D eigenvalue weighted by molar-refractivity contribution is -0.127. The molecule has 2 aromatic carbocycles. The third kappa shape index (κ3) is 6.27. The van der Waals surface area contributed by atoms with E-state index in [0.717, 1.165) is 49.5 Å². The number of amides is 1. The number of piperidine rings is 1. The van der Waals surface area contributed by atoms with E-state index >= 15 is 0 Å². The van der Waals surface area contributed by atoms with Crippen molar-refractivity contribution in [3.8, 4) is 11.5 Å². The summed E-state index contributed by atoms with van der Waals surface area (Å²) in [6.07, 6.45) is 3.37. The highest BCUT2D eigenvalue weighted by molar-refractivity contribution is 6.32. The van der Waals surface area contributed by atoms with Crippen molar-refractivity contribution in [3.63, 3.8) is 0 Å². The molecule has 0 saturated carbocycles. The number of para-hydroxylation sites is 1. The molecule has 178 valence electrons. The van der Waals surface area contributed by atoms with Gasteiger partial charge in [-0.1, -0.05) is 41.9 Å². The number of carbonyl (C=O) groups excluding carboxylic acids is 1. The highest BCUT2D eigenvalue weighted by atomic mass is 35.5. The van der Waals surface area contributed by atoms with Crippen LogP contribution in [0.15, 0.2) is 72.9 Å². The number of carbonyl (C=O) groups is 1. The molecule has 0 unspecified atom stereocenters. The Labute approximate surface area is 205 Å². The quantitative estimate of drug-likeness (QED) is 0.480. The molecule has 0 spiro atoms. The Morgan fingerprint density at radius 3 is 2.65 bits per heavy atom. The van der Waals surface area contributed by atoms with Gasteiger partial charge < -0.3 is 14.8 Å². The highest BCUT2D eigenvalue weighted by Gasteiger charge is 2.28. The lowest BCUT2D eigenvalue weighted by atomic mass is 9.94. The summed E-state index contributed by atoms with van der Waals surface area (Å²) in [4.78, 5) is 20.1. The van der Waals surface area contributed by atoms with Crippen molar-refractivity contribution in [1.82, 2.24) is 15.2 Å². The Kier molecular flexibility index (Phi) is 8.39. The van der Waals surface area contributed by atoms with Crippen LogP contribution >= 0.6 is 11.6 Å². The van der Waals surface area contributed by atoms with E-state index in [0.29, 0.717) is 17.4 Å². The number of likely N-dealkylation sites (tertiary alicyclic amines) is 1. The molecule has 1 aliphatic rings. The molecule has 4 rings (SSSR count). The molecule has 0 aliphatic carbocycles. The first kappa shape index (κ1) is 24.0. The van der Waals surface area contributed by atoms with Crippen LogP contribution in [0.5, 0.6) is 11.5 Å². The van der Waals surface area contributed by atoms with Gasteiger partial charge in [0, 0.05) is 18.7 Å². The maximum Gasteiger partial charge on any atom is 0.224 e. The first-order chi connectivity index (χ1) is 16.6. The number of ether oxygens (including phenoxy) is 2. The summed E-state index contributed by atoms with van der Waals surface area (Å²) < 4.78 is 11.2. The highest BCUT2D eigenvalue weighted by Crippen LogP contribution is 2.26. The summed E-state index contributed by atoms with van der Waals surface area (Å²) in [5.74, 6) is 1.49. The van der Waals surface area contributed by atoms with Crippen molar-refractivity contribution in [3.05, 3.63) is 89.2 Å². The lowest BCUT2D eigenvalue weighted by Gasteiger charge is -2.32. The first-order valence-corrected chi connectivity index (χ1v) is 12.0. The Morgan fingerprint density at radius 2 is 1.91 bits per heavy atom. The van der Waals surface area contributed by atoms with E-state index in [4.69, 9.17) is 21.1 Å². The van der Waals surface area contributed by atoms with Gasteiger partial charge in [-0.15, -0.1) is 0 Å². The smallest absolute Gasteiger partial charge is 0.224 e. The van der Waals surface area contributed by atoms with E-state index in [-0.39, 0.29) is 17.9 Å². The van der Waals surface area contributed by atoms with E-state index < -0.39 is 0 Å². The summed E-state index contributed by atoms with van der Waals surface area (Å²) in [6.45, 7) is 3.09. The van der Waals surface area contributed by atoms with Crippen LogP contribution in [0, 0.1) is 5.92 Å². The summed E-state index contributed by atoms with van der Waals surface area (Å²) in [5, 5.41) is 3.86. The van der Waals surface area contributed by atoms with E-state index in [2.05, 4.69) is 15.2 Å². The second kappa shape index (κ2) is 11.9. The van der Waals surface area contributed by atoms with Gasteiger partial charge in [0.05, 0.1) is 23.9 Å². The SMILES string of the molecule is COc1cccc([C@H](NC(=O)C2CCN(CCOc3ccccc3Cl)CC2)c2ccccn2)c1. The zero-order valence-electron chi connectivity index (χ0n) is 19.3. The number of hydrogen-bond donors (Lipinski definition) is 1. The number of pyridine rings is 1. The van der Waals surface area contributed by atoms with Gasteiger partial charge in [0.15, 0.2) is 0 Å². The van der Waals surface area contributed by atoms with Crippen molar-refractivity contribution in [1.29, 1.82) is 0 Å². The monoisotopic (exact) mass is 479 g/mol. The number of nitrogens with zero attached hydrogens (tertiary/aromatic N) is 2. The van der Waals surface area contributed by atoms with E-state index in [1.807, 2.05) is 66.7 Å². The van der Waals surface area contributed by atoms with Gasteiger partial charge in [-0.05, 0) is 67.9 Å². The van der Waals surface area contributed by atoms with E-state index in [1.54, 1.807) is 13.3 Å². The molecule has 1 N–H and O–H groups in total. The van der Waals surface area contributed by atoms with Crippen LogP contribution in [-0.2, 0) is 4.79 Å². The van der Waals surface area contributed by atoms with Crippen molar-refractivity contribution in [2.24, 2.45) is 5.92 Å². The van der Waals surface area contributed by atoms with Gasteiger partial charge in [-0.25, -0.2) is 0 Å². The fourth-order valence-electron chi connectivity index (χ4n) is 4.22. The molecule has 1 atom stereocenters. The number of aromatic nitrogens is 1. The third-order valence-electron chi connectivity index (χ3n) is 6.16. The second-order valence-electron chi connectivity index (χ2n) is 8.37. The standard InChI is InChI=1S/C27H30ClN3O3/c1-33-22-8-6-7-21(19-22)26(24-10-4-5-14-29-24)30-27(32)20-12-15-31(16-13-20)17-18-34-25-11-3-2-9-23(25)28/h2-11,14,19-20,26H,12-13,15-18H2,1H3,(H,30,32)/t26-/m0/s1. The average molecular weight is 480 g/mol. The Hall–Kier alpha value is -3.09. The predicted octanol–water partition coefficient (Wildman–Crippen LogP) is 4.74. The molecular weight excluding hydrogens is 450 g/mol. The van der Waals surface area contributed by atoms with Gasteiger partial charge >= 0.3 is 0 Å². The largest absolute Gasteiger partial charge is 0.497 e. The summed E-state index contributed by atoms with van der Waals surface area (Å²) in [5.41, 5.74) is 1.75. The minimum Gasteiger partial charge on any atom is -0.497 e. The molecule has 3 aromatic rings. The van der Waals surface area contributed by atoms with Crippen molar-refractivity contribution < 1.29 is 14.3 Å². The molecule has 1 fully saturated rings. The number of halogens is 1. The van der Waals surface area contributed by atoms with E-state index in [1.165, 1.54) is 0 Å². The van der Waals surface area contributed by atoms with Crippen LogP contribution in [0.1, 0.15) is 30.1 Å². The normalized spacial score (nSPS) is 15.5. The third-order valence-corrected chi connectivity index (χ3v) is 6.47. The second-order valence-corrected chi connectivity index (χ2v) is 8.77. The fourth-order valence-corrected chi connectivity index (χ4v) is 4.41. The van der Waals surface area contributed by atoms with Crippen molar-refractivity contribution in [2.45, 2.75) is 18.9 Å². The van der Waals surface area contributed by atoms with Gasteiger partial charge in [0.2, 0.25) is 5.91 Å². The topological polar surface area (TPSA) is 63.7 Å². The maximum atomic E-state index is 13.2. The molecule has 1 aliphatic heterocycles. The molecule has 1 saturated heterocycles. The van der Waals surface area contributed by atoms with Crippen LogP contribution in [0.25, 0.3) is 0 Å². The predicted molar refractivity (Wildman–Crippen MR) is 133 cm³/mol. The fraction of sp³-hybridized carbons (Fsp3) is 0.333. The molecule has 0 bridgehead atoms. The maximum absolute atomic E-state index is 13.2. The Balaban J connectivity index is 1.32. The summed E-state index contributed by atoms with van der Waals surface area (Å²) >= 11 is 6.15. The van der Waals surface area contributed by atoms with Gasteiger partial charge in [0.25, 0.3) is 0 Å². The number of methoxy groups -OCH3 is 1. The molecule has 1 amide bonds. The van der Waals surface area contributed by atoms with Crippen LogP contribution < -0.4 is 14.8 Å². The van der Waals surface area contributed by atoms with E-state index in [9.17, 15) is 4.79 Å². The van der Waals surface area contributed by atoms with Crippen LogP contribution in [0.2, 0.25) is 5.02 Å². The molecule has 0 radical (unpaired) electrons.